The predicted octanol–water partition coefficient (Wildman–Crippen LogP) is 10.7. The smallest absolute Gasteiger partial charge is 0.312 e. The maximum absolute atomic E-state index is 14.4. The second-order valence-corrected chi connectivity index (χ2v) is 24.4. The van der Waals surface area contributed by atoms with Gasteiger partial charge in [-0.05, 0) is 163 Å². The van der Waals surface area contributed by atoms with E-state index >= 15 is 0 Å². The molecule has 5 aliphatic carbocycles. The molecule has 1 unspecified atom stereocenters. The lowest BCUT2D eigenvalue weighted by Crippen LogP contribution is -2.66. The number of likely N-dealkylation sites (N-methyl/N-ethyl adjacent to an activating group) is 1. The van der Waals surface area contributed by atoms with E-state index in [0.717, 1.165) is 75.6 Å². The average molecular weight is 866 g/mol. The van der Waals surface area contributed by atoms with Crippen LogP contribution in [0.3, 0.4) is 0 Å². The van der Waals surface area contributed by atoms with Gasteiger partial charge in [0.1, 0.15) is 11.7 Å². The van der Waals surface area contributed by atoms with Crippen molar-refractivity contribution in [3.05, 3.63) is 46.0 Å². The summed E-state index contributed by atoms with van der Waals surface area (Å²) in [5.74, 6) is 0.743. The molecule has 4 fully saturated rings. The van der Waals surface area contributed by atoms with Gasteiger partial charge in [-0.3, -0.25) is 19.3 Å². The number of halogens is 1. The Bertz CT molecular complexity index is 1850. The fraction of sp³-hybridized carbons (Fsp3) is 0.788. The molecule has 0 heterocycles. The number of hydrogen-bond acceptors (Lipinski definition) is 8. The highest BCUT2D eigenvalue weighted by molar-refractivity contribution is 6.30. The number of rotatable bonds is 13. The summed E-state index contributed by atoms with van der Waals surface area (Å²) in [5.41, 5.74) is 1.16. The fourth-order valence-corrected chi connectivity index (χ4v) is 14.3. The van der Waals surface area contributed by atoms with Crippen molar-refractivity contribution in [3.63, 3.8) is 0 Å². The average Bonchev–Trinajstić information content (AvgIpc) is 3.45. The van der Waals surface area contributed by atoms with E-state index in [1.807, 2.05) is 32.9 Å². The standard InChI is InChI=1S/C52H81ClN2O6/c1-33(2)43-37(56)29-52(40(57)32-55(28-27-54(13)14)31-34-15-17-35(53)18-16-34)26-25-50(11)36(44(43)52)19-20-39-49(10)23-22-41(48(8,9)38(49)21-24-51(39,50)12)60-42(58)30-47(6,7)45(59)61-46(3,4)5/h15-18,33,36,38-41,57H,19-32H2,1-14H3/t36-,38-,39-,40+,41+,49+,50-,51-,52?/m1/s1. The summed E-state index contributed by atoms with van der Waals surface area (Å²) in [6.07, 6.45) is 7.41. The number of aliphatic hydroxyl groups excluding tert-OH is 1. The molecule has 0 aromatic heterocycles. The van der Waals surface area contributed by atoms with Gasteiger partial charge in [0.25, 0.3) is 0 Å². The zero-order valence-corrected chi connectivity index (χ0v) is 41.2. The number of esters is 2. The first-order valence-electron chi connectivity index (χ1n) is 23.6. The minimum Gasteiger partial charge on any atom is -0.462 e. The maximum atomic E-state index is 14.4. The molecule has 0 saturated heterocycles. The SMILES string of the molecule is CC(C)C1=C2[C@H]3CC[C@@H]4[C@@]5(C)CC[C@H](OC(=O)CC(C)(C)C(=O)OC(C)(C)C)C(C)(C)[C@H]5CC[C@@]4(C)[C@]3(C)CCC2([C@@H](O)CN(CCN(C)C)Cc2ccc(Cl)cc2)CC1=O. The molecular weight excluding hydrogens is 784 g/mol. The Morgan fingerprint density at radius 3 is 2.13 bits per heavy atom. The second kappa shape index (κ2) is 16.9. The number of carbonyl (C=O) groups excluding carboxylic acids is 3. The van der Waals surface area contributed by atoms with Gasteiger partial charge in [0, 0.05) is 48.5 Å². The van der Waals surface area contributed by atoms with Crippen molar-refractivity contribution < 1.29 is 29.0 Å². The molecule has 0 aliphatic heterocycles. The number of aliphatic hydroxyl groups is 1. The molecule has 4 saturated carbocycles. The summed E-state index contributed by atoms with van der Waals surface area (Å²) in [4.78, 5) is 45.6. The molecule has 1 aromatic rings. The molecule has 8 nitrogen and oxygen atoms in total. The van der Waals surface area contributed by atoms with Gasteiger partial charge in [-0.25, -0.2) is 0 Å². The van der Waals surface area contributed by atoms with Crippen LogP contribution in [-0.2, 0) is 30.4 Å². The van der Waals surface area contributed by atoms with Crippen LogP contribution in [0.1, 0.15) is 153 Å². The molecule has 1 N–H and O–H groups in total. The number of ether oxygens (including phenoxy) is 2. The molecule has 342 valence electrons. The van der Waals surface area contributed by atoms with Crippen molar-refractivity contribution in [1.29, 1.82) is 0 Å². The number of Topliss-reactive ketones (excluding diaryl/α,β-unsaturated/α-hetero) is 1. The van der Waals surface area contributed by atoms with Crippen molar-refractivity contribution >= 4 is 29.3 Å². The third kappa shape index (κ3) is 8.80. The van der Waals surface area contributed by atoms with Crippen LogP contribution in [-0.4, -0.2) is 84.2 Å². The molecule has 61 heavy (non-hydrogen) atoms. The summed E-state index contributed by atoms with van der Waals surface area (Å²) >= 11 is 6.26. The van der Waals surface area contributed by atoms with Crippen LogP contribution in [0.2, 0.25) is 5.02 Å². The van der Waals surface area contributed by atoms with E-state index in [-0.39, 0.29) is 63.7 Å². The third-order valence-electron chi connectivity index (χ3n) is 17.5. The van der Waals surface area contributed by atoms with Gasteiger partial charge in [0.05, 0.1) is 17.9 Å². The zero-order chi connectivity index (χ0) is 45.3. The Morgan fingerprint density at radius 1 is 0.869 bits per heavy atom. The van der Waals surface area contributed by atoms with Crippen molar-refractivity contribution in [2.45, 2.75) is 172 Å². The molecule has 9 heteroatoms. The lowest BCUT2D eigenvalue weighted by Gasteiger charge is -2.72. The quantitative estimate of drug-likeness (QED) is 0.196. The summed E-state index contributed by atoms with van der Waals surface area (Å²) < 4.78 is 12.0. The summed E-state index contributed by atoms with van der Waals surface area (Å²) in [6.45, 7) is 28.7. The van der Waals surface area contributed by atoms with Crippen molar-refractivity contribution in [3.8, 4) is 0 Å². The Labute approximate surface area is 374 Å². The van der Waals surface area contributed by atoms with Gasteiger partial charge in [0.2, 0.25) is 0 Å². The van der Waals surface area contributed by atoms with E-state index in [9.17, 15) is 19.5 Å². The lowest BCUT2D eigenvalue weighted by atomic mass is 9.33. The highest BCUT2D eigenvalue weighted by atomic mass is 35.5. The number of ketones is 1. The number of carbonyl (C=O) groups is 3. The maximum Gasteiger partial charge on any atom is 0.312 e. The van der Waals surface area contributed by atoms with Crippen LogP contribution in [0.15, 0.2) is 35.4 Å². The highest BCUT2D eigenvalue weighted by Crippen LogP contribution is 2.77. The number of hydrogen-bond donors (Lipinski definition) is 1. The first-order valence-corrected chi connectivity index (χ1v) is 24.0. The topological polar surface area (TPSA) is 96.4 Å². The van der Waals surface area contributed by atoms with Crippen LogP contribution in [0.4, 0.5) is 0 Å². The van der Waals surface area contributed by atoms with Crippen molar-refractivity contribution in [1.82, 2.24) is 9.80 Å². The molecule has 0 radical (unpaired) electrons. The normalized spacial score (nSPS) is 34.2. The fourth-order valence-electron chi connectivity index (χ4n) is 14.2. The molecule has 6 rings (SSSR count). The first kappa shape index (κ1) is 48.2. The molecule has 0 amide bonds. The van der Waals surface area contributed by atoms with E-state index in [1.54, 1.807) is 13.8 Å². The molecule has 0 spiro atoms. The zero-order valence-electron chi connectivity index (χ0n) is 40.4. The van der Waals surface area contributed by atoms with Crippen LogP contribution < -0.4 is 0 Å². The van der Waals surface area contributed by atoms with Gasteiger partial charge in [-0.2, -0.15) is 0 Å². The van der Waals surface area contributed by atoms with Crippen LogP contribution in [0, 0.1) is 56.2 Å². The Balaban J connectivity index is 1.25. The van der Waals surface area contributed by atoms with E-state index in [4.69, 9.17) is 21.1 Å². The Hall–Kier alpha value is -2.26. The largest absolute Gasteiger partial charge is 0.462 e. The van der Waals surface area contributed by atoms with E-state index in [2.05, 4.69) is 84.5 Å². The van der Waals surface area contributed by atoms with E-state index < -0.39 is 22.5 Å². The molecule has 0 bridgehead atoms. The van der Waals surface area contributed by atoms with Crippen molar-refractivity contribution in [2.75, 3.05) is 33.7 Å². The van der Waals surface area contributed by atoms with E-state index in [1.165, 1.54) is 5.57 Å². The highest BCUT2D eigenvalue weighted by Gasteiger charge is 2.71. The summed E-state index contributed by atoms with van der Waals surface area (Å²) in [7, 11) is 4.18. The van der Waals surface area contributed by atoms with Crippen LogP contribution in [0.5, 0.6) is 0 Å². The van der Waals surface area contributed by atoms with Crippen LogP contribution in [0.25, 0.3) is 0 Å². The van der Waals surface area contributed by atoms with Gasteiger partial charge < -0.3 is 19.5 Å². The monoisotopic (exact) mass is 865 g/mol. The molecule has 9 atom stereocenters. The van der Waals surface area contributed by atoms with E-state index in [0.29, 0.717) is 36.4 Å². The predicted molar refractivity (Wildman–Crippen MR) is 245 cm³/mol. The molecule has 5 aliphatic rings. The van der Waals surface area contributed by atoms with Crippen LogP contribution >= 0.6 is 11.6 Å². The number of allylic oxidation sites excluding steroid dienone is 1. The minimum atomic E-state index is -0.982. The number of fused-ring (bicyclic) bond motifs is 7. The van der Waals surface area contributed by atoms with Gasteiger partial charge in [-0.1, -0.05) is 77.8 Å². The second-order valence-electron chi connectivity index (χ2n) is 23.9. The van der Waals surface area contributed by atoms with Gasteiger partial charge >= 0.3 is 11.9 Å². The first-order chi connectivity index (χ1) is 28.1. The Kier molecular flexibility index (Phi) is 13.4. The van der Waals surface area contributed by atoms with Crippen molar-refractivity contribution in [2.24, 2.45) is 56.2 Å². The molecule has 1 aromatic carbocycles. The minimum absolute atomic E-state index is 0.0137. The summed E-state index contributed by atoms with van der Waals surface area (Å²) in [5, 5.41) is 13.5. The third-order valence-corrected chi connectivity index (χ3v) is 17.7. The molecular formula is C52H81ClN2O6. The number of benzene rings is 1. The van der Waals surface area contributed by atoms with Gasteiger partial charge in [0.15, 0.2) is 5.78 Å². The van der Waals surface area contributed by atoms with Gasteiger partial charge in [-0.15, -0.1) is 0 Å². The lowest BCUT2D eigenvalue weighted by molar-refractivity contribution is -0.235. The summed E-state index contributed by atoms with van der Waals surface area (Å²) in [6, 6.07) is 8.03. The number of nitrogens with zero attached hydrogens (tertiary/aromatic N) is 2. The Morgan fingerprint density at radius 2 is 1.52 bits per heavy atom.